The summed E-state index contributed by atoms with van der Waals surface area (Å²) >= 11 is 0. The highest BCUT2D eigenvalue weighted by atomic mass is 19.1. The average molecular weight is 368 g/mol. The van der Waals surface area contributed by atoms with Gasteiger partial charge in [-0.2, -0.15) is 5.10 Å². The predicted octanol–water partition coefficient (Wildman–Crippen LogP) is 1.77. The highest BCUT2D eigenvalue weighted by molar-refractivity contribution is 5.75. The predicted molar refractivity (Wildman–Crippen MR) is 96.5 cm³/mol. The molecule has 3 aromatic rings. The first-order valence-electron chi connectivity index (χ1n) is 8.15. The number of nitrogens with one attached hydrogen (secondary N) is 1. The summed E-state index contributed by atoms with van der Waals surface area (Å²) in [5.74, 6) is -0.562. The Kier molecular flexibility index (Phi) is 5.55. The molecule has 2 heterocycles. The lowest BCUT2D eigenvalue weighted by Gasteiger charge is -2.09. The minimum atomic E-state index is -0.536. The highest BCUT2D eigenvalue weighted by Crippen LogP contribution is 2.23. The molecule has 0 spiro atoms. The van der Waals surface area contributed by atoms with Gasteiger partial charge < -0.3 is 10.1 Å². The SMILES string of the molecule is COc1ccc(-c2ccc(=O)n(CC(=O)NCc3ccccn3)n2)c(F)c1. The number of ether oxygens (including phenoxy) is 1. The number of methoxy groups -OCH3 is 1. The molecule has 0 radical (unpaired) electrons. The number of rotatable bonds is 6. The lowest BCUT2D eigenvalue weighted by Crippen LogP contribution is -2.33. The normalized spacial score (nSPS) is 10.4. The molecular weight excluding hydrogens is 351 g/mol. The largest absolute Gasteiger partial charge is 0.497 e. The number of halogens is 1. The quantitative estimate of drug-likeness (QED) is 0.717. The Morgan fingerprint density at radius 3 is 2.78 bits per heavy atom. The zero-order chi connectivity index (χ0) is 19.2. The van der Waals surface area contributed by atoms with Crippen molar-refractivity contribution in [2.75, 3.05) is 7.11 Å². The molecule has 2 aromatic heterocycles. The summed E-state index contributed by atoms with van der Waals surface area (Å²) in [5.41, 5.74) is 0.687. The van der Waals surface area contributed by atoms with Gasteiger partial charge in [0.25, 0.3) is 5.56 Å². The molecule has 0 aliphatic rings. The van der Waals surface area contributed by atoms with E-state index >= 15 is 0 Å². The third-order valence-electron chi connectivity index (χ3n) is 3.81. The number of pyridine rings is 1. The van der Waals surface area contributed by atoms with Gasteiger partial charge in [-0.05, 0) is 30.3 Å². The number of carbonyl (C=O) groups excluding carboxylic acids is 1. The van der Waals surface area contributed by atoms with Crippen molar-refractivity contribution in [1.82, 2.24) is 20.1 Å². The van der Waals surface area contributed by atoms with Crippen LogP contribution in [0.25, 0.3) is 11.3 Å². The first-order chi connectivity index (χ1) is 13.1. The van der Waals surface area contributed by atoms with Crippen LogP contribution in [0, 0.1) is 5.82 Å². The third kappa shape index (κ3) is 4.55. The van der Waals surface area contributed by atoms with Crippen LogP contribution in [0.5, 0.6) is 5.75 Å². The van der Waals surface area contributed by atoms with Crippen LogP contribution in [0.3, 0.4) is 0 Å². The Balaban J connectivity index is 1.75. The zero-order valence-electron chi connectivity index (χ0n) is 14.6. The highest BCUT2D eigenvalue weighted by Gasteiger charge is 2.12. The van der Waals surface area contributed by atoms with Gasteiger partial charge in [0.15, 0.2) is 0 Å². The molecule has 7 nitrogen and oxygen atoms in total. The van der Waals surface area contributed by atoms with Gasteiger partial charge in [0.1, 0.15) is 18.1 Å². The summed E-state index contributed by atoms with van der Waals surface area (Å²) in [6, 6.07) is 12.4. The van der Waals surface area contributed by atoms with Crippen molar-refractivity contribution < 1.29 is 13.9 Å². The molecule has 0 fully saturated rings. The van der Waals surface area contributed by atoms with Gasteiger partial charge in [-0.15, -0.1) is 0 Å². The fourth-order valence-electron chi connectivity index (χ4n) is 2.42. The van der Waals surface area contributed by atoms with Crippen molar-refractivity contribution >= 4 is 5.91 Å². The maximum atomic E-state index is 14.2. The molecule has 8 heteroatoms. The number of amides is 1. The smallest absolute Gasteiger partial charge is 0.267 e. The molecule has 27 heavy (non-hydrogen) atoms. The van der Waals surface area contributed by atoms with Crippen LogP contribution in [0.2, 0.25) is 0 Å². The number of carbonyl (C=O) groups is 1. The van der Waals surface area contributed by atoms with E-state index in [1.165, 1.54) is 31.4 Å². The lowest BCUT2D eigenvalue weighted by molar-refractivity contribution is -0.122. The fraction of sp³-hybridized carbons (Fsp3) is 0.158. The van der Waals surface area contributed by atoms with E-state index in [0.717, 1.165) is 4.68 Å². The van der Waals surface area contributed by atoms with E-state index in [-0.39, 0.29) is 24.3 Å². The Bertz CT molecular complexity index is 1010. The average Bonchev–Trinajstić information content (AvgIpc) is 2.69. The van der Waals surface area contributed by atoms with E-state index in [9.17, 15) is 14.0 Å². The van der Waals surface area contributed by atoms with Crippen LogP contribution in [0.1, 0.15) is 5.69 Å². The summed E-state index contributed by atoms with van der Waals surface area (Å²) in [6.07, 6.45) is 1.63. The van der Waals surface area contributed by atoms with Crippen molar-refractivity contribution in [3.63, 3.8) is 0 Å². The topological polar surface area (TPSA) is 86.1 Å². The molecule has 1 amide bonds. The van der Waals surface area contributed by atoms with Crippen LogP contribution in [-0.4, -0.2) is 27.8 Å². The van der Waals surface area contributed by atoms with Crippen molar-refractivity contribution in [3.8, 4) is 17.0 Å². The maximum Gasteiger partial charge on any atom is 0.267 e. The second-order valence-corrected chi connectivity index (χ2v) is 5.66. The van der Waals surface area contributed by atoms with Crippen molar-refractivity contribution in [2.24, 2.45) is 0 Å². The summed E-state index contributed by atoms with van der Waals surface area (Å²) in [6.45, 7) is -0.0432. The number of nitrogens with zero attached hydrogens (tertiary/aromatic N) is 3. The van der Waals surface area contributed by atoms with Crippen molar-refractivity contribution in [1.29, 1.82) is 0 Å². The first-order valence-corrected chi connectivity index (χ1v) is 8.15. The second kappa shape index (κ2) is 8.22. The summed E-state index contributed by atoms with van der Waals surface area (Å²) < 4.78 is 20.2. The molecule has 0 saturated carbocycles. The zero-order valence-corrected chi connectivity index (χ0v) is 14.6. The van der Waals surface area contributed by atoms with Crippen LogP contribution in [0.4, 0.5) is 4.39 Å². The van der Waals surface area contributed by atoms with Gasteiger partial charge in [0.05, 0.1) is 25.0 Å². The van der Waals surface area contributed by atoms with E-state index in [2.05, 4.69) is 15.4 Å². The van der Waals surface area contributed by atoms with E-state index in [0.29, 0.717) is 11.4 Å². The number of hydrogen-bond donors (Lipinski definition) is 1. The van der Waals surface area contributed by atoms with Gasteiger partial charge in [-0.3, -0.25) is 14.6 Å². The molecular formula is C19H17FN4O3. The Hall–Kier alpha value is -3.55. The first kappa shape index (κ1) is 18.2. The molecule has 138 valence electrons. The lowest BCUT2D eigenvalue weighted by atomic mass is 10.1. The molecule has 0 aliphatic carbocycles. The standard InChI is InChI=1S/C19H17FN4O3/c1-27-14-5-6-15(16(20)10-14)17-7-8-19(26)24(23-17)12-18(25)22-11-13-4-2-3-9-21-13/h2-10H,11-12H2,1H3,(H,22,25). The minimum Gasteiger partial charge on any atom is -0.497 e. The molecule has 0 saturated heterocycles. The minimum absolute atomic E-state index is 0.207. The van der Waals surface area contributed by atoms with E-state index in [4.69, 9.17) is 4.74 Å². The Morgan fingerprint density at radius 2 is 2.07 bits per heavy atom. The van der Waals surface area contributed by atoms with Crippen LogP contribution in [0.15, 0.2) is 59.5 Å². The van der Waals surface area contributed by atoms with Gasteiger partial charge in [-0.25, -0.2) is 9.07 Å². The summed E-state index contributed by atoms with van der Waals surface area (Å²) in [4.78, 5) is 28.2. The number of aromatic nitrogens is 3. The molecule has 0 unspecified atom stereocenters. The monoisotopic (exact) mass is 368 g/mol. The van der Waals surface area contributed by atoms with Gasteiger partial charge in [0.2, 0.25) is 5.91 Å². The molecule has 1 N–H and O–H groups in total. The summed E-state index contributed by atoms with van der Waals surface area (Å²) in [7, 11) is 1.44. The molecule has 3 rings (SSSR count). The Morgan fingerprint density at radius 1 is 1.22 bits per heavy atom. The van der Waals surface area contributed by atoms with Crippen LogP contribution in [-0.2, 0) is 17.9 Å². The Labute approximate surface area is 154 Å². The number of benzene rings is 1. The van der Waals surface area contributed by atoms with Gasteiger partial charge in [0, 0.05) is 23.9 Å². The third-order valence-corrected chi connectivity index (χ3v) is 3.81. The molecule has 0 bridgehead atoms. The summed E-state index contributed by atoms with van der Waals surface area (Å²) in [5, 5.41) is 6.77. The van der Waals surface area contributed by atoms with Crippen LogP contribution < -0.4 is 15.6 Å². The fourth-order valence-corrected chi connectivity index (χ4v) is 2.42. The molecule has 0 atom stereocenters. The van der Waals surface area contributed by atoms with Crippen molar-refractivity contribution in [3.05, 3.63) is 76.6 Å². The molecule has 0 aliphatic heterocycles. The van der Waals surface area contributed by atoms with Crippen LogP contribution >= 0.6 is 0 Å². The number of hydrogen-bond acceptors (Lipinski definition) is 5. The van der Waals surface area contributed by atoms with Gasteiger partial charge >= 0.3 is 0 Å². The maximum absolute atomic E-state index is 14.2. The van der Waals surface area contributed by atoms with E-state index in [1.54, 1.807) is 24.4 Å². The van der Waals surface area contributed by atoms with E-state index in [1.807, 2.05) is 6.07 Å². The second-order valence-electron chi connectivity index (χ2n) is 5.66. The van der Waals surface area contributed by atoms with Gasteiger partial charge in [-0.1, -0.05) is 6.07 Å². The van der Waals surface area contributed by atoms with E-state index < -0.39 is 17.3 Å². The molecule has 1 aromatic carbocycles. The van der Waals surface area contributed by atoms with Crippen molar-refractivity contribution in [2.45, 2.75) is 13.1 Å².